The third kappa shape index (κ3) is 5.06. The molecule has 2 aliphatic rings. The molecule has 2 unspecified atom stereocenters. The van der Waals surface area contributed by atoms with Gasteiger partial charge in [0, 0.05) is 37.6 Å². The third-order valence-electron chi connectivity index (χ3n) is 5.99. The Morgan fingerprint density at radius 3 is 2.75 bits per heavy atom. The minimum absolute atomic E-state index is 0.0320. The predicted octanol–water partition coefficient (Wildman–Crippen LogP) is 2.98. The number of thiophene rings is 1. The van der Waals surface area contributed by atoms with E-state index in [0.29, 0.717) is 18.6 Å². The number of piperidine rings is 2. The molecule has 2 fully saturated rings. The van der Waals surface area contributed by atoms with Crippen LogP contribution in [-0.2, 0) is 9.53 Å². The van der Waals surface area contributed by atoms with Crippen molar-refractivity contribution in [2.75, 3.05) is 46.9 Å². The summed E-state index contributed by atoms with van der Waals surface area (Å²) < 4.78 is 5.18. The second-order valence-electron chi connectivity index (χ2n) is 7.78. The van der Waals surface area contributed by atoms with Crippen molar-refractivity contribution in [1.82, 2.24) is 15.1 Å². The van der Waals surface area contributed by atoms with Gasteiger partial charge in [-0.05, 0) is 63.6 Å². The van der Waals surface area contributed by atoms with Crippen LogP contribution in [-0.4, -0.2) is 68.6 Å². The van der Waals surface area contributed by atoms with Crippen LogP contribution in [0.5, 0.6) is 0 Å². The van der Waals surface area contributed by atoms with Gasteiger partial charge in [-0.2, -0.15) is 0 Å². The highest BCUT2D eigenvalue weighted by Gasteiger charge is 2.32. The van der Waals surface area contributed by atoms with Crippen LogP contribution in [0.4, 0.5) is 0 Å². The molecule has 7 heteroatoms. The van der Waals surface area contributed by atoms with Crippen LogP contribution in [0.2, 0.25) is 0 Å². The van der Waals surface area contributed by atoms with E-state index in [1.807, 2.05) is 25.3 Å². The molecule has 2 aliphatic heterocycles. The zero-order chi connectivity index (χ0) is 19.9. The van der Waals surface area contributed by atoms with Gasteiger partial charge in [-0.1, -0.05) is 6.07 Å². The molecule has 3 heterocycles. The summed E-state index contributed by atoms with van der Waals surface area (Å²) in [4.78, 5) is 22.7. The quantitative estimate of drug-likeness (QED) is 0.463. The second kappa shape index (κ2) is 10.3. The van der Waals surface area contributed by atoms with E-state index in [1.165, 1.54) is 17.7 Å². The normalized spacial score (nSPS) is 25.0. The molecule has 3 rings (SSSR count). The van der Waals surface area contributed by atoms with E-state index < -0.39 is 0 Å². The van der Waals surface area contributed by atoms with Crippen LogP contribution in [0.15, 0.2) is 22.5 Å². The zero-order valence-corrected chi connectivity index (χ0v) is 18.2. The van der Waals surface area contributed by atoms with Crippen LogP contribution in [0, 0.1) is 11.8 Å². The minimum Gasteiger partial charge on any atom is -0.466 e. The van der Waals surface area contributed by atoms with Crippen molar-refractivity contribution >= 4 is 23.3 Å². The van der Waals surface area contributed by atoms with E-state index in [9.17, 15) is 4.79 Å². The van der Waals surface area contributed by atoms with E-state index >= 15 is 0 Å². The Bertz CT molecular complexity index is 641. The average Bonchev–Trinajstić information content (AvgIpc) is 3.23. The van der Waals surface area contributed by atoms with Crippen molar-refractivity contribution in [2.45, 2.75) is 38.6 Å². The summed E-state index contributed by atoms with van der Waals surface area (Å²) in [6.07, 6.45) is 4.16. The molecular formula is C21H34N4O2S. The van der Waals surface area contributed by atoms with Gasteiger partial charge in [0.2, 0.25) is 0 Å². The van der Waals surface area contributed by atoms with Crippen LogP contribution in [0.1, 0.15) is 43.5 Å². The van der Waals surface area contributed by atoms with E-state index in [1.54, 1.807) is 0 Å². The van der Waals surface area contributed by atoms with Crippen molar-refractivity contribution in [3.05, 3.63) is 22.4 Å². The van der Waals surface area contributed by atoms with E-state index in [2.05, 4.69) is 44.7 Å². The maximum Gasteiger partial charge on any atom is 0.309 e. The van der Waals surface area contributed by atoms with Gasteiger partial charge in [0.25, 0.3) is 0 Å². The molecule has 156 valence electrons. The minimum atomic E-state index is -0.0471. The molecular weight excluding hydrogens is 372 g/mol. The number of rotatable bonds is 5. The molecule has 2 saturated heterocycles. The first-order valence-electron chi connectivity index (χ1n) is 10.5. The number of nitrogens with one attached hydrogen (secondary N) is 1. The monoisotopic (exact) mass is 406 g/mol. The smallest absolute Gasteiger partial charge is 0.309 e. The fourth-order valence-corrected chi connectivity index (χ4v) is 5.51. The summed E-state index contributed by atoms with van der Waals surface area (Å²) in [5.41, 5.74) is 0. The van der Waals surface area contributed by atoms with E-state index in [-0.39, 0.29) is 11.9 Å². The first kappa shape index (κ1) is 21.1. The molecule has 0 aliphatic carbocycles. The number of hydrogen-bond acceptors (Lipinski definition) is 5. The fourth-order valence-electron chi connectivity index (χ4n) is 4.52. The summed E-state index contributed by atoms with van der Waals surface area (Å²) in [6, 6.07) is 4.90. The molecule has 0 saturated carbocycles. The van der Waals surface area contributed by atoms with Crippen molar-refractivity contribution in [3.63, 3.8) is 0 Å². The first-order valence-corrected chi connectivity index (χ1v) is 11.4. The van der Waals surface area contributed by atoms with Crippen LogP contribution < -0.4 is 5.32 Å². The van der Waals surface area contributed by atoms with Crippen molar-refractivity contribution in [3.8, 4) is 0 Å². The Morgan fingerprint density at radius 2 is 2.11 bits per heavy atom. The molecule has 1 N–H and O–H groups in total. The van der Waals surface area contributed by atoms with Gasteiger partial charge in [-0.3, -0.25) is 14.7 Å². The summed E-state index contributed by atoms with van der Waals surface area (Å²) in [6.45, 7) is 6.12. The van der Waals surface area contributed by atoms with Gasteiger partial charge in [-0.15, -0.1) is 11.3 Å². The Kier molecular flexibility index (Phi) is 7.73. The maximum atomic E-state index is 12.0. The van der Waals surface area contributed by atoms with Gasteiger partial charge in [-0.25, -0.2) is 0 Å². The molecule has 28 heavy (non-hydrogen) atoms. The number of guanidine groups is 1. The molecule has 2 atom stereocenters. The number of nitrogens with zero attached hydrogens (tertiary/aromatic N) is 3. The molecule has 0 spiro atoms. The van der Waals surface area contributed by atoms with Crippen molar-refractivity contribution in [2.24, 2.45) is 16.8 Å². The highest BCUT2D eigenvalue weighted by molar-refractivity contribution is 7.10. The molecule has 0 amide bonds. The Balaban J connectivity index is 1.54. The Morgan fingerprint density at radius 1 is 1.32 bits per heavy atom. The standard InChI is InChI=1S/C21H34N4O2S/c1-4-27-20(26)16-9-12-25(13-10-16)21(22-2)23-15-17-7-5-11-24(3)19(17)18-8-6-14-28-18/h6,8,14,16-17,19H,4-5,7,9-13,15H2,1-3H3,(H,22,23). The van der Waals surface area contributed by atoms with Gasteiger partial charge in [0.1, 0.15) is 0 Å². The lowest BCUT2D eigenvalue weighted by molar-refractivity contribution is -0.149. The lowest BCUT2D eigenvalue weighted by atomic mass is 9.88. The molecule has 6 nitrogen and oxygen atoms in total. The molecule has 0 aromatic carbocycles. The van der Waals surface area contributed by atoms with Crippen LogP contribution >= 0.6 is 11.3 Å². The Hall–Kier alpha value is -1.60. The number of aliphatic imine (C=N–C) groups is 1. The zero-order valence-electron chi connectivity index (χ0n) is 17.4. The SMILES string of the molecule is CCOC(=O)C1CCN(C(=NC)NCC2CCCN(C)C2c2cccs2)CC1. The largest absolute Gasteiger partial charge is 0.466 e. The summed E-state index contributed by atoms with van der Waals surface area (Å²) >= 11 is 1.86. The van der Waals surface area contributed by atoms with E-state index in [0.717, 1.165) is 45.0 Å². The Labute approximate surface area is 173 Å². The first-order chi connectivity index (χ1) is 13.6. The molecule has 1 aromatic heterocycles. The molecule has 1 aromatic rings. The van der Waals surface area contributed by atoms with Crippen molar-refractivity contribution < 1.29 is 9.53 Å². The third-order valence-corrected chi connectivity index (χ3v) is 6.93. The summed E-state index contributed by atoms with van der Waals surface area (Å²) in [5, 5.41) is 5.80. The van der Waals surface area contributed by atoms with Crippen molar-refractivity contribution in [1.29, 1.82) is 0 Å². The molecule has 0 radical (unpaired) electrons. The lowest BCUT2D eigenvalue weighted by Crippen LogP contribution is -2.49. The summed E-state index contributed by atoms with van der Waals surface area (Å²) in [7, 11) is 4.09. The fraction of sp³-hybridized carbons (Fsp3) is 0.714. The highest BCUT2D eigenvalue weighted by Crippen LogP contribution is 2.36. The number of likely N-dealkylation sites (tertiary alicyclic amines) is 2. The second-order valence-corrected chi connectivity index (χ2v) is 8.76. The predicted molar refractivity (Wildman–Crippen MR) is 115 cm³/mol. The number of esters is 1. The van der Waals surface area contributed by atoms with E-state index in [4.69, 9.17) is 4.74 Å². The summed E-state index contributed by atoms with van der Waals surface area (Å²) in [5.74, 6) is 1.52. The average molecular weight is 407 g/mol. The van der Waals surface area contributed by atoms with Gasteiger partial charge < -0.3 is 15.0 Å². The van der Waals surface area contributed by atoms with Gasteiger partial charge in [0.15, 0.2) is 5.96 Å². The highest BCUT2D eigenvalue weighted by atomic mass is 32.1. The van der Waals surface area contributed by atoms with Gasteiger partial charge >= 0.3 is 5.97 Å². The van der Waals surface area contributed by atoms with Crippen LogP contribution in [0.3, 0.4) is 0 Å². The topological polar surface area (TPSA) is 57.2 Å². The number of carbonyl (C=O) groups excluding carboxylic acids is 1. The van der Waals surface area contributed by atoms with Crippen LogP contribution in [0.25, 0.3) is 0 Å². The number of carbonyl (C=O) groups is 1. The lowest BCUT2D eigenvalue weighted by Gasteiger charge is -2.40. The number of ether oxygens (including phenoxy) is 1. The maximum absolute atomic E-state index is 12.0. The molecule has 0 bridgehead atoms. The number of hydrogen-bond donors (Lipinski definition) is 1. The van der Waals surface area contributed by atoms with Gasteiger partial charge in [0.05, 0.1) is 12.5 Å².